The van der Waals surface area contributed by atoms with Crippen LogP contribution in [-0.4, -0.2) is 31.7 Å². The normalized spacial score (nSPS) is 17.7. The summed E-state index contributed by atoms with van der Waals surface area (Å²) in [5, 5.41) is 8.61. The molecule has 0 radical (unpaired) electrons. The predicted molar refractivity (Wildman–Crippen MR) is 90.3 cm³/mol. The van der Waals surface area contributed by atoms with Crippen molar-refractivity contribution in [2.45, 2.75) is 19.1 Å². The van der Waals surface area contributed by atoms with Crippen molar-refractivity contribution in [2.75, 3.05) is 19.7 Å². The molecule has 1 aliphatic heterocycles. The van der Waals surface area contributed by atoms with E-state index in [-0.39, 0.29) is 24.4 Å². The van der Waals surface area contributed by atoms with Crippen LogP contribution in [-0.2, 0) is 16.1 Å². The molecule has 0 saturated carbocycles. The van der Waals surface area contributed by atoms with Gasteiger partial charge in [-0.3, -0.25) is 4.79 Å². The van der Waals surface area contributed by atoms with Crippen LogP contribution in [0.2, 0.25) is 0 Å². The molecule has 1 heterocycles. The fourth-order valence-electron chi connectivity index (χ4n) is 2.67. The Morgan fingerprint density at radius 2 is 2.05 bits per heavy atom. The first-order valence-corrected chi connectivity index (χ1v) is 7.38. The van der Waals surface area contributed by atoms with Gasteiger partial charge >= 0.3 is 0 Å². The number of morpholine rings is 1. The van der Waals surface area contributed by atoms with Gasteiger partial charge in [0.1, 0.15) is 0 Å². The topological polar surface area (TPSA) is 50.4 Å². The van der Waals surface area contributed by atoms with Crippen molar-refractivity contribution in [3.05, 3.63) is 48.0 Å². The van der Waals surface area contributed by atoms with Gasteiger partial charge in [-0.2, -0.15) is 0 Å². The number of carbonyl (C=O) groups excluding carboxylic acids is 1. The summed E-state index contributed by atoms with van der Waals surface area (Å²) in [7, 11) is 0. The Bertz CT molecular complexity index is 622. The lowest BCUT2D eigenvalue weighted by Crippen LogP contribution is -2.41. The number of rotatable bonds is 4. The number of halogens is 1. The quantitative estimate of drug-likeness (QED) is 0.908. The fourth-order valence-corrected chi connectivity index (χ4v) is 2.67. The molecule has 0 aromatic heterocycles. The molecule has 1 fully saturated rings. The Morgan fingerprint density at radius 3 is 2.86 bits per heavy atom. The van der Waals surface area contributed by atoms with Gasteiger partial charge in [0.25, 0.3) is 0 Å². The van der Waals surface area contributed by atoms with Crippen LogP contribution in [0.4, 0.5) is 0 Å². The Morgan fingerprint density at radius 1 is 1.23 bits per heavy atom. The van der Waals surface area contributed by atoms with E-state index in [0.29, 0.717) is 19.6 Å². The zero-order valence-corrected chi connectivity index (χ0v) is 13.2. The number of benzene rings is 2. The van der Waals surface area contributed by atoms with E-state index in [4.69, 9.17) is 4.74 Å². The van der Waals surface area contributed by atoms with Crippen LogP contribution < -0.4 is 10.6 Å². The highest BCUT2D eigenvalue weighted by Crippen LogP contribution is 2.18. The largest absolute Gasteiger partial charge is 0.375 e. The molecule has 5 heteroatoms. The first-order chi connectivity index (χ1) is 10.3. The van der Waals surface area contributed by atoms with Crippen molar-refractivity contribution >= 4 is 29.1 Å². The van der Waals surface area contributed by atoms with E-state index in [1.54, 1.807) is 0 Å². The van der Waals surface area contributed by atoms with Gasteiger partial charge in [-0.25, -0.2) is 0 Å². The first-order valence-electron chi connectivity index (χ1n) is 7.38. The van der Waals surface area contributed by atoms with E-state index >= 15 is 0 Å². The molecule has 3 rings (SSSR count). The number of hydrogen-bond donors (Lipinski definition) is 2. The van der Waals surface area contributed by atoms with E-state index in [9.17, 15) is 4.79 Å². The molecule has 118 valence electrons. The maximum atomic E-state index is 12.0. The predicted octanol–water partition coefficient (Wildman–Crippen LogP) is 2.26. The molecule has 1 amide bonds. The van der Waals surface area contributed by atoms with Gasteiger partial charge < -0.3 is 15.4 Å². The first kappa shape index (κ1) is 16.7. The third-order valence-electron chi connectivity index (χ3n) is 3.77. The molecule has 1 aliphatic rings. The van der Waals surface area contributed by atoms with Gasteiger partial charge in [0, 0.05) is 19.6 Å². The van der Waals surface area contributed by atoms with Crippen LogP contribution in [0.5, 0.6) is 0 Å². The van der Waals surface area contributed by atoms with Gasteiger partial charge in [-0.15, -0.1) is 12.4 Å². The van der Waals surface area contributed by atoms with E-state index < -0.39 is 0 Å². The van der Waals surface area contributed by atoms with E-state index in [1.165, 1.54) is 10.8 Å². The minimum Gasteiger partial charge on any atom is -0.375 e. The molecule has 0 bridgehead atoms. The molecule has 2 aromatic rings. The second-order valence-corrected chi connectivity index (χ2v) is 5.32. The lowest BCUT2D eigenvalue weighted by molar-refractivity contribution is -0.124. The van der Waals surface area contributed by atoms with E-state index in [2.05, 4.69) is 34.9 Å². The van der Waals surface area contributed by atoms with Gasteiger partial charge in [0.15, 0.2) is 0 Å². The second-order valence-electron chi connectivity index (χ2n) is 5.32. The summed E-state index contributed by atoms with van der Waals surface area (Å²) < 4.78 is 5.55. The monoisotopic (exact) mass is 320 g/mol. The summed E-state index contributed by atoms with van der Waals surface area (Å²) >= 11 is 0. The number of ether oxygens (including phenoxy) is 1. The van der Waals surface area contributed by atoms with Crippen molar-refractivity contribution in [1.82, 2.24) is 10.6 Å². The minimum absolute atomic E-state index is 0. The lowest BCUT2D eigenvalue weighted by atomic mass is 10.0. The smallest absolute Gasteiger partial charge is 0.222 e. The van der Waals surface area contributed by atoms with Crippen LogP contribution in [0.25, 0.3) is 10.8 Å². The number of nitrogens with one attached hydrogen (secondary N) is 2. The summed E-state index contributed by atoms with van der Waals surface area (Å²) in [4.78, 5) is 12.0. The Labute approximate surface area is 136 Å². The molecule has 2 N–H and O–H groups in total. The Hall–Kier alpha value is -1.62. The van der Waals surface area contributed by atoms with Crippen LogP contribution in [0, 0.1) is 0 Å². The van der Waals surface area contributed by atoms with Crippen LogP contribution in [0.1, 0.15) is 12.0 Å². The number of carbonyl (C=O) groups is 1. The number of fused-ring (bicyclic) bond motifs is 1. The lowest BCUT2D eigenvalue weighted by Gasteiger charge is -2.23. The molecule has 2 aromatic carbocycles. The van der Waals surface area contributed by atoms with Crippen LogP contribution >= 0.6 is 12.4 Å². The maximum Gasteiger partial charge on any atom is 0.222 e. The SMILES string of the molecule is Cl.O=C(CC1CNCCO1)NCc1cccc2ccccc12. The highest BCUT2D eigenvalue weighted by molar-refractivity contribution is 5.86. The summed E-state index contributed by atoms with van der Waals surface area (Å²) in [5.74, 6) is 0.0386. The molecule has 4 nitrogen and oxygen atoms in total. The standard InChI is InChI=1S/C17H20N2O2.ClH/c20-17(10-15-12-18-8-9-21-15)19-11-14-6-3-5-13-4-1-2-7-16(13)14;/h1-7,15,18H,8-12H2,(H,19,20);1H. The van der Waals surface area contributed by atoms with E-state index in [1.807, 2.05) is 18.2 Å². The van der Waals surface area contributed by atoms with Gasteiger partial charge in [-0.05, 0) is 16.3 Å². The molecule has 1 saturated heterocycles. The van der Waals surface area contributed by atoms with Crippen molar-refractivity contribution in [3.63, 3.8) is 0 Å². The van der Waals surface area contributed by atoms with Crippen molar-refractivity contribution in [3.8, 4) is 0 Å². The van der Waals surface area contributed by atoms with E-state index in [0.717, 1.165) is 18.7 Å². The van der Waals surface area contributed by atoms with Crippen LogP contribution in [0.3, 0.4) is 0 Å². The Balaban J connectivity index is 0.00000176. The highest BCUT2D eigenvalue weighted by Gasteiger charge is 2.17. The number of amides is 1. The molecule has 22 heavy (non-hydrogen) atoms. The van der Waals surface area contributed by atoms with Crippen LogP contribution in [0.15, 0.2) is 42.5 Å². The minimum atomic E-state index is -0.00809. The summed E-state index contributed by atoms with van der Waals surface area (Å²) in [6.45, 7) is 2.86. The average molecular weight is 321 g/mol. The summed E-state index contributed by atoms with van der Waals surface area (Å²) in [6.07, 6.45) is 0.406. The van der Waals surface area contributed by atoms with Crippen molar-refractivity contribution < 1.29 is 9.53 Å². The molecular weight excluding hydrogens is 300 g/mol. The fraction of sp³-hybridized carbons (Fsp3) is 0.353. The zero-order chi connectivity index (χ0) is 14.5. The second kappa shape index (κ2) is 8.13. The maximum absolute atomic E-state index is 12.0. The molecular formula is C17H21ClN2O2. The third kappa shape index (κ3) is 4.19. The molecule has 0 spiro atoms. The molecule has 1 unspecified atom stereocenters. The number of hydrogen-bond acceptors (Lipinski definition) is 3. The summed E-state index contributed by atoms with van der Waals surface area (Å²) in [6, 6.07) is 14.4. The van der Waals surface area contributed by atoms with Crippen molar-refractivity contribution in [2.24, 2.45) is 0 Å². The van der Waals surface area contributed by atoms with Gasteiger partial charge in [-0.1, -0.05) is 42.5 Å². The third-order valence-corrected chi connectivity index (χ3v) is 3.77. The highest BCUT2D eigenvalue weighted by atomic mass is 35.5. The van der Waals surface area contributed by atoms with Crippen molar-refractivity contribution in [1.29, 1.82) is 0 Å². The average Bonchev–Trinajstić information content (AvgIpc) is 2.54. The van der Waals surface area contributed by atoms with Gasteiger partial charge in [0.05, 0.1) is 19.1 Å². The zero-order valence-electron chi connectivity index (χ0n) is 12.4. The molecule has 1 atom stereocenters. The molecule has 0 aliphatic carbocycles. The summed E-state index contributed by atoms with van der Waals surface area (Å²) in [5.41, 5.74) is 1.14. The van der Waals surface area contributed by atoms with Gasteiger partial charge in [0.2, 0.25) is 5.91 Å². The Kier molecular flexibility index (Phi) is 6.19.